The topological polar surface area (TPSA) is 145 Å². The van der Waals surface area contributed by atoms with Crippen LogP contribution in [-0.4, -0.2) is 57.9 Å². The van der Waals surface area contributed by atoms with Crippen LogP contribution in [0.25, 0.3) is 0 Å². The molecule has 0 spiro atoms. The monoisotopic (exact) mass is 380 g/mol. The molecule has 0 heterocycles. The van der Waals surface area contributed by atoms with E-state index >= 15 is 0 Å². The average Bonchev–Trinajstić information content (AvgIpc) is 2.52. The summed E-state index contributed by atoms with van der Waals surface area (Å²) in [6.07, 6.45) is -0.757. The number of hydrogen-bond donors (Lipinski definition) is 5. The molecule has 1 rings (SSSR count). The summed E-state index contributed by atoms with van der Waals surface area (Å²) in [5, 5.41) is 31.9. The first-order valence-corrected chi connectivity index (χ1v) is 8.36. The van der Waals surface area contributed by atoms with E-state index in [1.165, 1.54) is 19.1 Å². The minimum atomic E-state index is -1.62. The maximum Gasteiger partial charge on any atom is 0.488 e. The standard InChI is InChI=1S/C17H25BN2O7/c1-10(15(22)23)19-14(21)13(20-16(24)27-17(2,3)4)9-11-5-7-12(8-6-11)18(25)26/h5-8,10,13,25-26H,9H2,1-4H3,(H,19,21)(H,20,24)(H,22,23). The van der Waals surface area contributed by atoms with Gasteiger partial charge in [0.2, 0.25) is 5.91 Å². The molecular formula is C17H25BN2O7. The Bertz CT molecular complexity index is 671. The molecule has 0 fully saturated rings. The Morgan fingerprint density at radius 3 is 2.11 bits per heavy atom. The summed E-state index contributed by atoms with van der Waals surface area (Å²) in [6, 6.07) is 3.89. The van der Waals surface area contributed by atoms with Gasteiger partial charge in [-0.1, -0.05) is 24.3 Å². The Morgan fingerprint density at radius 2 is 1.67 bits per heavy atom. The number of benzene rings is 1. The fourth-order valence-electron chi connectivity index (χ4n) is 2.10. The molecule has 5 N–H and O–H groups in total. The van der Waals surface area contributed by atoms with Crippen LogP contribution in [0, 0.1) is 0 Å². The normalized spacial score (nSPS) is 13.3. The minimum absolute atomic E-state index is 0.0548. The summed E-state index contributed by atoms with van der Waals surface area (Å²) >= 11 is 0. The highest BCUT2D eigenvalue weighted by molar-refractivity contribution is 6.58. The van der Waals surface area contributed by atoms with Crippen molar-refractivity contribution in [3.63, 3.8) is 0 Å². The molecule has 0 aromatic heterocycles. The molecule has 0 aliphatic heterocycles. The van der Waals surface area contributed by atoms with Crippen LogP contribution in [0.3, 0.4) is 0 Å². The summed E-state index contributed by atoms with van der Waals surface area (Å²) in [5.41, 5.74) is 0.135. The number of carbonyl (C=O) groups is 3. The van der Waals surface area contributed by atoms with Crippen LogP contribution in [0.1, 0.15) is 33.3 Å². The number of carboxylic acids is 1. The summed E-state index contributed by atoms with van der Waals surface area (Å²) in [4.78, 5) is 35.4. The van der Waals surface area contributed by atoms with E-state index in [4.69, 9.17) is 19.9 Å². The first kappa shape index (κ1) is 22.5. The molecule has 0 aliphatic rings. The molecule has 0 bridgehead atoms. The first-order chi connectivity index (χ1) is 12.4. The number of rotatable bonds is 7. The maximum atomic E-state index is 12.4. The summed E-state index contributed by atoms with van der Waals surface area (Å²) in [7, 11) is -1.62. The van der Waals surface area contributed by atoms with Gasteiger partial charge in [0.1, 0.15) is 17.7 Å². The van der Waals surface area contributed by atoms with Gasteiger partial charge in [0.05, 0.1) is 0 Å². The van der Waals surface area contributed by atoms with Gasteiger partial charge in [0, 0.05) is 6.42 Å². The van der Waals surface area contributed by atoms with Gasteiger partial charge in [-0.3, -0.25) is 9.59 Å². The molecule has 0 aliphatic carbocycles. The van der Waals surface area contributed by atoms with Crippen LogP contribution in [0.4, 0.5) is 4.79 Å². The van der Waals surface area contributed by atoms with Crippen molar-refractivity contribution in [2.24, 2.45) is 0 Å². The summed E-state index contributed by atoms with van der Waals surface area (Å²) in [5.74, 6) is -1.89. The largest absolute Gasteiger partial charge is 0.488 e. The van der Waals surface area contributed by atoms with E-state index in [1.54, 1.807) is 32.9 Å². The lowest BCUT2D eigenvalue weighted by Gasteiger charge is -2.24. The van der Waals surface area contributed by atoms with Crippen molar-refractivity contribution in [1.29, 1.82) is 0 Å². The second-order valence-electron chi connectivity index (χ2n) is 7.09. The Morgan fingerprint density at radius 1 is 1.11 bits per heavy atom. The van der Waals surface area contributed by atoms with Crippen molar-refractivity contribution in [3.05, 3.63) is 29.8 Å². The van der Waals surface area contributed by atoms with E-state index in [0.29, 0.717) is 5.56 Å². The second kappa shape index (κ2) is 9.38. The van der Waals surface area contributed by atoms with Crippen LogP contribution in [0.15, 0.2) is 24.3 Å². The molecule has 2 unspecified atom stereocenters. The third-order valence-electron chi connectivity index (χ3n) is 3.45. The van der Waals surface area contributed by atoms with Crippen LogP contribution in [-0.2, 0) is 20.7 Å². The fourth-order valence-corrected chi connectivity index (χ4v) is 2.10. The molecule has 0 radical (unpaired) electrons. The van der Waals surface area contributed by atoms with Crippen molar-refractivity contribution < 1.29 is 34.3 Å². The van der Waals surface area contributed by atoms with Gasteiger partial charge in [0.15, 0.2) is 0 Å². The highest BCUT2D eigenvalue weighted by Crippen LogP contribution is 2.09. The molecule has 10 heteroatoms. The number of nitrogens with one attached hydrogen (secondary N) is 2. The lowest BCUT2D eigenvalue weighted by molar-refractivity contribution is -0.141. The molecule has 1 aromatic carbocycles. The zero-order valence-corrected chi connectivity index (χ0v) is 15.7. The number of ether oxygens (including phenoxy) is 1. The van der Waals surface area contributed by atoms with E-state index in [9.17, 15) is 14.4 Å². The van der Waals surface area contributed by atoms with Crippen LogP contribution < -0.4 is 16.1 Å². The van der Waals surface area contributed by atoms with E-state index in [0.717, 1.165) is 0 Å². The molecule has 1 aromatic rings. The first-order valence-electron chi connectivity index (χ1n) is 8.36. The summed E-state index contributed by atoms with van der Waals surface area (Å²) < 4.78 is 5.15. The van der Waals surface area contributed by atoms with Crippen LogP contribution in [0.2, 0.25) is 0 Å². The van der Waals surface area contributed by atoms with Gasteiger partial charge in [0.25, 0.3) is 0 Å². The number of hydrogen-bond acceptors (Lipinski definition) is 6. The predicted molar refractivity (Wildman–Crippen MR) is 98.4 cm³/mol. The van der Waals surface area contributed by atoms with Gasteiger partial charge in [-0.25, -0.2) is 4.79 Å². The second-order valence-corrected chi connectivity index (χ2v) is 7.09. The number of alkyl carbamates (subject to hydrolysis) is 1. The van der Waals surface area contributed by atoms with Crippen molar-refractivity contribution in [2.75, 3.05) is 0 Å². The van der Waals surface area contributed by atoms with E-state index < -0.39 is 42.8 Å². The molecule has 2 amide bonds. The van der Waals surface area contributed by atoms with Gasteiger partial charge >= 0.3 is 19.2 Å². The number of carbonyl (C=O) groups excluding carboxylic acids is 2. The Kier molecular flexibility index (Phi) is 7.80. The molecular weight excluding hydrogens is 355 g/mol. The molecule has 0 saturated carbocycles. The zero-order chi connectivity index (χ0) is 20.8. The van der Waals surface area contributed by atoms with Crippen molar-refractivity contribution >= 4 is 30.6 Å². The third-order valence-corrected chi connectivity index (χ3v) is 3.45. The Balaban J connectivity index is 2.93. The van der Waals surface area contributed by atoms with Gasteiger partial charge in [-0.15, -0.1) is 0 Å². The van der Waals surface area contributed by atoms with Gasteiger partial charge in [-0.05, 0) is 38.7 Å². The fraction of sp³-hybridized carbons (Fsp3) is 0.471. The molecule has 27 heavy (non-hydrogen) atoms. The summed E-state index contributed by atoms with van der Waals surface area (Å²) in [6.45, 7) is 6.33. The average molecular weight is 380 g/mol. The number of aliphatic carboxylic acids is 1. The Labute approximate surface area is 157 Å². The molecule has 9 nitrogen and oxygen atoms in total. The van der Waals surface area contributed by atoms with Crippen LogP contribution >= 0.6 is 0 Å². The third kappa shape index (κ3) is 8.10. The molecule has 2 atom stereocenters. The minimum Gasteiger partial charge on any atom is -0.480 e. The SMILES string of the molecule is CC(NC(=O)C(Cc1ccc(B(O)O)cc1)NC(=O)OC(C)(C)C)C(=O)O. The van der Waals surface area contributed by atoms with Gasteiger partial charge in [-0.2, -0.15) is 0 Å². The lowest BCUT2D eigenvalue weighted by atomic mass is 9.80. The predicted octanol–water partition coefficient (Wildman–Crippen LogP) is -0.608. The highest BCUT2D eigenvalue weighted by Gasteiger charge is 2.27. The van der Waals surface area contributed by atoms with Crippen molar-refractivity contribution in [2.45, 2.75) is 51.8 Å². The van der Waals surface area contributed by atoms with Crippen LogP contribution in [0.5, 0.6) is 0 Å². The zero-order valence-electron chi connectivity index (χ0n) is 15.7. The van der Waals surface area contributed by atoms with Crippen molar-refractivity contribution in [1.82, 2.24) is 10.6 Å². The van der Waals surface area contributed by atoms with E-state index in [-0.39, 0.29) is 11.9 Å². The smallest absolute Gasteiger partial charge is 0.480 e. The van der Waals surface area contributed by atoms with Crippen molar-refractivity contribution in [3.8, 4) is 0 Å². The highest BCUT2D eigenvalue weighted by atomic mass is 16.6. The molecule has 148 valence electrons. The maximum absolute atomic E-state index is 12.4. The quantitative estimate of drug-likeness (QED) is 0.397. The lowest BCUT2D eigenvalue weighted by Crippen LogP contribution is -2.52. The van der Waals surface area contributed by atoms with E-state index in [2.05, 4.69) is 10.6 Å². The Hall–Kier alpha value is -2.59. The van der Waals surface area contributed by atoms with Gasteiger partial charge < -0.3 is 30.5 Å². The molecule has 0 saturated heterocycles. The number of amides is 2. The van der Waals surface area contributed by atoms with E-state index in [1.807, 2.05) is 0 Å². The number of carboxylic acid groups (broad SMARTS) is 1.